The molecule has 1 aromatic heterocycles. The highest BCUT2D eigenvalue weighted by atomic mass is 16.4. The predicted octanol–water partition coefficient (Wildman–Crippen LogP) is 2.27. The Morgan fingerprint density at radius 2 is 1.57 bits per heavy atom. The van der Waals surface area contributed by atoms with Gasteiger partial charge in [-0.05, 0) is 37.0 Å². The maximum atomic E-state index is 11.2. The number of carbonyl (C=O) groups excluding carboxylic acids is 2. The SMILES string of the molecule is CC(=O)c1ccc(CCc2ccc(CC(=O)C(=O)O)nc2)cc1. The predicted molar refractivity (Wildman–Crippen MR) is 84.4 cm³/mol. The molecule has 0 aliphatic rings. The van der Waals surface area contributed by atoms with Gasteiger partial charge < -0.3 is 5.11 Å². The molecule has 1 aromatic carbocycles. The first-order valence-corrected chi connectivity index (χ1v) is 7.25. The fourth-order valence-corrected chi connectivity index (χ4v) is 2.14. The number of carbonyl (C=O) groups is 3. The molecule has 0 amide bonds. The topological polar surface area (TPSA) is 84.3 Å². The summed E-state index contributed by atoms with van der Waals surface area (Å²) in [5.74, 6) is -2.26. The number of rotatable bonds is 7. The van der Waals surface area contributed by atoms with E-state index in [0.29, 0.717) is 11.3 Å². The number of carboxylic acid groups (broad SMARTS) is 1. The molecule has 0 aliphatic heterocycles. The lowest BCUT2D eigenvalue weighted by atomic mass is 10.0. The van der Waals surface area contributed by atoms with Gasteiger partial charge in [0.15, 0.2) is 5.78 Å². The fourth-order valence-electron chi connectivity index (χ4n) is 2.14. The van der Waals surface area contributed by atoms with Crippen LogP contribution in [0.5, 0.6) is 0 Å². The van der Waals surface area contributed by atoms with Crippen molar-refractivity contribution in [2.45, 2.75) is 26.2 Å². The molecule has 5 nitrogen and oxygen atoms in total. The summed E-state index contributed by atoms with van der Waals surface area (Å²) in [7, 11) is 0. The summed E-state index contributed by atoms with van der Waals surface area (Å²) in [6.07, 6.45) is 3.06. The molecule has 0 saturated carbocycles. The lowest BCUT2D eigenvalue weighted by Crippen LogP contribution is -2.15. The zero-order valence-electron chi connectivity index (χ0n) is 12.8. The Labute approximate surface area is 134 Å². The van der Waals surface area contributed by atoms with E-state index >= 15 is 0 Å². The summed E-state index contributed by atoms with van der Waals surface area (Å²) >= 11 is 0. The molecular weight excluding hydrogens is 294 g/mol. The van der Waals surface area contributed by atoms with Gasteiger partial charge in [0.1, 0.15) is 0 Å². The van der Waals surface area contributed by atoms with E-state index in [1.807, 2.05) is 30.3 Å². The number of nitrogens with zero attached hydrogens (tertiary/aromatic N) is 1. The molecule has 2 aromatic rings. The van der Waals surface area contributed by atoms with Gasteiger partial charge >= 0.3 is 5.97 Å². The Balaban J connectivity index is 1.92. The average molecular weight is 311 g/mol. The molecule has 0 bridgehead atoms. The first-order chi connectivity index (χ1) is 11.0. The van der Waals surface area contributed by atoms with Crippen LogP contribution in [0.3, 0.4) is 0 Å². The lowest BCUT2D eigenvalue weighted by Gasteiger charge is -2.04. The van der Waals surface area contributed by atoms with Crippen LogP contribution in [-0.2, 0) is 28.9 Å². The van der Waals surface area contributed by atoms with Crippen LogP contribution in [0.2, 0.25) is 0 Å². The van der Waals surface area contributed by atoms with E-state index in [4.69, 9.17) is 5.11 Å². The molecule has 0 aliphatic carbocycles. The Kier molecular flexibility index (Phi) is 5.36. The van der Waals surface area contributed by atoms with Crippen molar-refractivity contribution in [1.82, 2.24) is 4.98 Å². The van der Waals surface area contributed by atoms with Crippen molar-refractivity contribution >= 4 is 17.5 Å². The van der Waals surface area contributed by atoms with Crippen molar-refractivity contribution in [3.8, 4) is 0 Å². The smallest absolute Gasteiger partial charge is 0.372 e. The highest BCUT2D eigenvalue weighted by molar-refractivity contribution is 6.33. The Morgan fingerprint density at radius 3 is 2.09 bits per heavy atom. The van der Waals surface area contributed by atoms with Crippen molar-refractivity contribution in [2.75, 3.05) is 0 Å². The summed E-state index contributed by atoms with van der Waals surface area (Å²) < 4.78 is 0. The normalized spacial score (nSPS) is 10.3. The van der Waals surface area contributed by atoms with E-state index in [1.54, 1.807) is 12.3 Å². The molecule has 118 valence electrons. The van der Waals surface area contributed by atoms with Crippen molar-refractivity contribution in [3.63, 3.8) is 0 Å². The van der Waals surface area contributed by atoms with E-state index in [1.165, 1.54) is 6.92 Å². The zero-order chi connectivity index (χ0) is 16.8. The summed E-state index contributed by atoms with van der Waals surface area (Å²) in [5, 5.41) is 8.56. The van der Waals surface area contributed by atoms with E-state index in [9.17, 15) is 14.4 Å². The highest BCUT2D eigenvalue weighted by Gasteiger charge is 2.12. The molecule has 0 atom stereocenters. The van der Waals surface area contributed by atoms with Crippen LogP contribution in [0.1, 0.15) is 34.1 Å². The van der Waals surface area contributed by atoms with Gasteiger partial charge in [0.2, 0.25) is 5.78 Å². The minimum Gasteiger partial charge on any atom is -0.475 e. The maximum Gasteiger partial charge on any atom is 0.372 e. The minimum atomic E-state index is -1.44. The largest absolute Gasteiger partial charge is 0.475 e. The molecule has 0 fully saturated rings. The second-order valence-corrected chi connectivity index (χ2v) is 5.32. The summed E-state index contributed by atoms with van der Waals surface area (Å²) in [4.78, 5) is 37.0. The standard InChI is InChI=1S/C18H17NO4/c1-12(20)15-7-4-13(5-8-15)2-3-14-6-9-16(19-11-14)10-17(21)18(22)23/h4-9,11H,2-3,10H2,1H3,(H,22,23). The molecule has 5 heteroatoms. The molecule has 0 unspecified atom stereocenters. The van der Waals surface area contributed by atoms with Gasteiger partial charge in [-0.15, -0.1) is 0 Å². The van der Waals surface area contributed by atoms with Gasteiger partial charge in [-0.2, -0.15) is 0 Å². The number of hydrogen-bond acceptors (Lipinski definition) is 4. The lowest BCUT2D eigenvalue weighted by molar-refractivity contribution is -0.148. The van der Waals surface area contributed by atoms with E-state index in [-0.39, 0.29) is 12.2 Å². The minimum absolute atomic E-state index is 0.0484. The van der Waals surface area contributed by atoms with Crippen molar-refractivity contribution in [2.24, 2.45) is 0 Å². The van der Waals surface area contributed by atoms with Gasteiger partial charge in [0, 0.05) is 17.5 Å². The summed E-state index contributed by atoms with van der Waals surface area (Å²) in [5.41, 5.74) is 3.28. The van der Waals surface area contributed by atoms with Crippen LogP contribution in [0.4, 0.5) is 0 Å². The molecule has 2 rings (SSSR count). The number of pyridine rings is 1. The second kappa shape index (κ2) is 7.45. The van der Waals surface area contributed by atoms with Crippen LogP contribution in [0, 0.1) is 0 Å². The number of aliphatic carboxylic acids is 1. The number of carboxylic acids is 1. The number of hydrogen-bond donors (Lipinski definition) is 1. The molecule has 1 N–H and O–H groups in total. The van der Waals surface area contributed by atoms with Gasteiger partial charge in [-0.25, -0.2) is 4.79 Å². The van der Waals surface area contributed by atoms with E-state index < -0.39 is 11.8 Å². The van der Waals surface area contributed by atoms with Crippen molar-refractivity contribution in [3.05, 3.63) is 65.0 Å². The first kappa shape index (κ1) is 16.5. The molecule has 0 spiro atoms. The third kappa shape index (κ3) is 4.85. The van der Waals surface area contributed by atoms with Crippen LogP contribution in [0.15, 0.2) is 42.6 Å². The Bertz CT molecular complexity index is 718. The monoisotopic (exact) mass is 311 g/mol. The third-order valence-electron chi connectivity index (χ3n) is 3.53. The van der Waals surface area contributed by atoms with Crippen molar-refractivity contribution in [1.29, 1.82) is 0 Å². The van der Waals surface area contributed by atoms with E-state index in [2.05, 4.69) is 4.98 Å². The molecule has 1 heterocycles. The van der Waals surface area contributed by atoms with E-state index in [0.717, 1.165) is 24.0 Å². The van der Waals surface area contributed by atoms with Crippen LogP contribution in [-0.4, -0.2) is 27.6 Å². The van der Waals surface area contributed by atoms with Crippen molar-refractivity contribution < 1.29 is 19.5 Å². The number of benzene rings is 1. The maximum absolute atomic E-state index is 11.2. The highest BCUT2D eigenvalue weighted by Crippen LogP contribution is 2.10. The van der Waals surface area contributed by atoms with Gasteiger partial charge in [0.25, 0.3) is 0 Å². The summed E-state index contributed by atoms with van der Waals surface area (Å²) in [6, 6.07) is 11.0. The van der Waals surface area contributed by atoms with Gasteiger partial charge in [-0.1, -0.05) is 30.3 Å². The second-order valence-electron chi connectivity index (χ2n) is 5.32. The zero-order valence-corrected chi connectivity index (χ0v) is 12.8. The number of Topliss-reactive ketones (excluding diaryl/α,β-unsaturated/α-hetero) is 2. The van der Waals surface area contributed by atoms with Crippen LogP contribution < -0.4 is 0 Å². The summed E-state index contributed by atoms with van der Waals surface area (Å²) in [6.45, 7) is 1.54. The Hall–Kier alpha value is -2.82. The van der Waals surface area contributed by atoms with Crippen LogP contribution in [0.25, 0.3) is 0 Å². The molecule has 0 saturated heterocycles. The number of aryl methyl sites for hydroxylation is 2. The quantitative estimate of drug-likeness (QED) is 0.626. The Morgan fingerprint density at radius 1 is 0.957 bits per heavy atom. The van der Waals surface area contributed by atoms with Crippen LogP contribution >= 0.6 is 0 Å². The van der Waals surface area contributed by atoms with Gasteiger partial charge in [-0.3, -0.25) is 14.6 Å². The van der Waals surface area contributed by atoms with Gasteiger partial charge in [0.05, 0.1) is 6.42 Å². The number of aromatic nitrogens is 1. The number of ketones is 2. The fraction of sp³-hybridized carbons (Fsp3) is 0.222. The molecule has 23 heavy (non-hydrogen) atoms. The third-order valence-corrected chi connectivity index (χ3v) is 3.53. The molecule has 0 radical (unpaired) electrons. The average Bonchev–Trinajstić information content (AvgIpc) is 2.54. The molecular formula is C18H17NO4. The first-order valence-electron chi connectivity index (χ1n) is 7.25.